The van der Waals surface area contributed by atoms with Crippen molar-refractivity contribution in [1.29, 1.82) is 0 Å². The van der Waals surface area contributed by atoms with Gasteiger partial charge < -0.3 is 9.47 Å². The van der Waals surface area contributed by atoms with Crippen molar-refractivity contribution >= 4 is 17.0 Å². The summed E-state index contributed by atoms with van der Waals surface area (Å²) < 4.78 is 1.98. The first-order valence-electron chi connectivity index (χ1n) is 5.99. The summed E-state index contributed by atoms with van der Waals surface area (Å²) in [6.45, 7) is 0.654. The Kier molecular flexibility index (Phi) is 2.83. The second-order valence-corrected chi connectivity index (χ2v) is 4.46. The Balaban J connectivity index is 2.04. The van der Waals surface area contributed by atoms with Crippen LogP contribution in [0.2, 0.25) is 0 Å². The maximum atomic E-state index is 4.40. The van der Waals surface area contributed by atoms with Gasteiger partial charge in [0.15, 0.2) is 17.0 Å². The van der Waals surface area contributed by atoms with E-state index < -0.39 is 0 Å². The van der Waals surface area contributed by atoms with Gasteiger partial charge in [-0.25, -0.2) is 15.0 Å². The van der Waals surface area contributed by atoms with Crippen LogP contribution >= 0.6 is 0 Å². The highest BCUT2D eigenvalue weighted by Crippen LogP contribution is 2.19. The molecule has 0 aromatic carbocycles. The van der Waals surface area contributed by atoms with Crippen LogP contribution in [0.25, 0.3) is 11.2 Å². The molecule has 3 heterocycles. The Hall–Kier alpha value is -2.50. The minimum absolute atomic E-state index is 0.654. The number of pyridine rings is 1. The van der Waals surface area contributed by atoms with E-state index in [-0.39, 0.29) is 0 Å². The number of rotatable bonds is 3. The van der Waals surface area contributed by atoms with E-state index in [1.54, 1.807) is 18.9 Å². The topological polar surface area (TPSA) is 59.7 Å². The zero-order valence-corrected chi connectivity index (χ0v) is 10.9. The molecule has 0 bridgehead atoms. The summed E-state index contributed by atoms with van der Waals surface area (Å²) in [7, 11) is 3.89. The fourth-order valence-corrected chi connectivity index (χ4v) is 1.98. The van der Waals surface area contributed by atoms with Crippen molar-refractivity contribution in [3.8, 4) is 0 Å². The van der Waals surface area contributed by atoms with Crippen molar-refractivity contribution in [3.05, 3.63) is 42.7 Å². The first-order valence-corrected chi connectivity index (χ1v) is 5.99. The molecule has 0 amide bonds. The third kappa shape index (κ3) is 2.12. The maximum absolute atomic E-state index is 4.40. The Morgan fingerprint density at radius 2 is 2.00 bits per heavy atom. The normalized spacial score (nSPS) is 10.8. The molecule has 3 aromatic heterocycles. The average Bonchev–Trinajstić information content (AvgIpc) is 2.83. The lowest BCUT2D eigenvalue weighted by Gasteiger charge is -2.10. The molecule has 0 N–H and O–H groups in total. The van der Waals surface area contributed by atoms with E-state index in [1.807, 2.05) is 41.8 Å². The number of hydrogen-bond acceptors (Lipinski definition) is 5. The van der Waals surface area contributed by atoms with Crippen LogP contribution in [0.4, 0.5) is 5.82 Å². The van der Waals surface area contributed by atoms with Crippen LogP contribution in [0.1, 0.15) is 5.69 Å². The molecular formula is C13H14N6. The van der Waals surface area contributed by atoms with Crippen molar-refractivity contribution in [1.82, 2.24) is 24.5 Å². The van der Waals surface area contributed by atoms with Gasteiger partial charge in [0, 0.05) is 20.3 Å². The van der Waals surface area contributed by atoms with Crippen molar-refractivity contribution in [2.45, 2.75) is 6.54 Å². The fraction of sp³-hybridized carbons (Fsp3) is 0.231. The van der Waals surface area contributed by atoms with Crippen LogP contribution < -0.4 is 4.90 Å². The molecule has 0 aliphatic heterocycles. The Bertz CT molecular complexity index is 689. The molecule has 0 saturated heterocycles. The molecule has 0 aliphatic carbocycles. The summed E-state index contributed by atoms with van der Waals surface area (Å²) >= 11 is 0. The molecule has 3 aromatic rings. The first kappa shape index (κ1) is 11.6. The lowest BCUT2D eigenvalue weighted by Crippen LogP contribution is -2.11. The van der Waals surface area contributed by atoms with Crippen LogP contribution in [-0.2, 0) is 6.54 Å². The highest BCUT2D eigenvalue weighted by Gasteiger charge is 2.11. The van der Waals surface area contributed by atoms with Gasteiger partial charge in [-0.05, 0) is 12.1 Å². The minimum atomic E-state index is 0.654. The van der Waals surface area contributed by atoms with Gasteiger partial charge >= 0.3 is 0 Å². The van der Waals surface area contributed by atoms with Crippen LogP contribution in [0.15, 0.2) is 37.1 Å². The van der Waals surface area contributed by atoms with E-state index >= 15 is 0 Å². The zero-order valence-electron chi connectivity index (χ0n) is 10.9. The molecule has 0 fully saturated rings. The number of aromatic nitrogens is 5. The average molecular weight is 254 g/mol. The SMILES string of the molecule is CN(C)c1ncnc2c1ncn2Cc1ccccn1. The second-order valence-electron chi connectivity index (χ2n) is 4.46. The molecule has 0 atom stereocenters. The lowest BCUT2D eigenvalue weighted by molar-refractivity contribution is 0.787. The Labute approximate surface area is 110 Å². The smallest absolute Gasteiger partial charge is 0.165 e. The molecule has 6 heteroatoms. The van der Waals surface area contributed by atoms with E-state index in [9.17, 15) is 0 Å². The molecule has 0 spiro atoms. The highest BCUT2D eigenvalue weighted by atomic mass is 15.2. The first-order chi connectivity index (χ1) is 9.25. The number of hydrogen-bond donors (Lipinski definition) is 0. The van der Waals surface area contributed by atoms with Crippen LogP contribution in [-0.4, -0.2) is 38.6 Å². The van der Waals surface area contributed by atoms with Gasteiger partial charge in [0.1, 0.15) is 6.33 Å². The standard InChI is InChI=1S/C13H14N6/c1-18(2)12-11-13(16-8-15-12)19(9-17-11)7-10-5-3-4-6-14-10/h3-6,8-9H,7H2,1-2H3. The van der Waals surface area contributed by atoms with E-state index in [2.05, 4.69) is 19.9 Å². The van der Waals surface area contributed by atoms with Crippen LogP contribution in [0, 0.1) is 0 Å². The molecule has 3 rings (SSSR count). The van der Waals surface area contributed by atoms with Crippen molar-refractivity contribution in [2.75, 3.05) is 19.0 Å². The molecule has 0 radical (unpaired) electrons. The quantitative estimate of drug-likeness (QED) is 0.705. The van der Waals surface area contributed by atoms with Gasteiger partial charge in [-0.1, -0.05) is 6.07 Å². The van der Waals surface area contributed by atoms with Crippen molar-refractivity contribution < 1.29 is 0 Å². The summed E-state index contributed by atoms with van der Waals surface area (Å²) in [6.07, 6.45) is 5.13. The summed E-state index contributed by atoms with van der Waals surface area (Å²) in [5, 5.41) is 0. The predicted octanol–water partition coefficient (Wildman–Crippen LogP) is 1.34. The van der Waals surface area contributed by atoms with E-state index in [1.165, 1.54) is 0 Å². The third-order valence-corrected chi connectivity index (χ3v) is 2.86. The summed E-state index contributed by atoms with van der Waals surface area (Å²) in [6, 6.07) is 5.86. The van der Waals surface area contributed by atoms with E-state index in [4.69, 9.17) is 0 Å². The lowest BCUT2D eigenvalue weighted by atomic mass is 10.3. The van der Waals surface area contributed by atoms with Crippen LogP contribution in [0.3, 0.4) is 0 Å². The number of anilines is 1. The van der Waals surface area contributed by atoms with Gasteiger partial charge in [0.05, 0.1) is 18.6 Å². The van der Waals surface area contributed by atoms with Gasteiger partial charge in [0.25, 0.3) is 0 Å². The molecule has 0 unspecified atom stereocenters. The molecule has 6 nitrogen and oxygen atoms in total. The van der Waals surface area contributed by atoms with Gasteiger partial charge in [-0.15, -0.1) is 0 Å². The monoisotopic (exact) mass is 254 g/mol. The maximum Gasteiger partial charge on any atom is 0.165 e. The van der Waals surface area contributed by atoms with E-state index in [0.717, 1.165) is 22.7 Å². The minimum Gasteiger partial charge on any atom is -0.361 e. The van der Waals surface area contributed by atoms with Crippen molar-refractivity contribution in [2.24, 2.45) is 0 Å². The van der Waals surface area contributed by atoms with Crippen LogP contribution in [0.5, 0.6) is 0 Å². The number of imidazole rings is 1. The van der Waals surface area contributed by atoms with Gasteiger partial charge in [0.2, 0.25) is 0 Å². The second kappa shape index (κ2) is 4.64. The largest absolute Gasteiger partial charge is 0.361 e. The molecule has 19 heavy (non-hydrogen) atoms. The summed E-state index contributed by atoms with van der Waals surface area (Å²) in [5.41, 5.74) is 2.61. The Morgan fingerprint density at radius 3 is 2.74 bits per heavy atom. The molecule has 96 valence electrons. The number of fused-ring (bicyclic) bond motifs is 1. The third-order valence-electron chi connectivity index (χ3n) is 2.86. The van der Waals surface area contributed by atoms with Gasteiger partial charge in [-0.2, -0.15) is 0 Å². The highest BCUT2D eigenvalue weighted by molar-refractivity contribution is 5.83. The predicted molar refractivity (Wildman–Crippen MR) is 73.0 cm³/mol. The molecule has 0 saturated carbocycles. The van der Waals surface area contributed by atoms with E-state index in [0.29, 0.717) is 6.54 Å². The zero-order chi connectivity index (χ0) is 13.2. The number of nitrogens with zero attached hydrogens (tertiary/aromatic N) is 6. The summed E-state index contributed by atoms with van der Waals surface area (Å²) in [4.78, 5) is 19.2. The fourth-order valence-electron chi connectivity index (χ4n) is 1.98. The molecular weight excluding hydrogens is 240 g/mol. The van der Waals surface area contributed by atoms with Gasteiger partial charge in [-0.3, -0.25) is 4.98 Å². The van der Waals surface area contributed by atoms with Crippen molar-refractivity contribution in [3.63, 3.8) is 0 Å². The Morgan fingerprint density at radius 1 is 1.11 bits per heavy atom. The summed E-state index contributed by atoms with van der Waals surface area (Å²) in [5.74, 6) is 0.824. The molecule has 0 aliphatic rings.